The molecule has 0 radical (unpaired) electrons. The van der Waals surface area contributed by atoms with Gasteiger partial charge in [-0.2, -0.15) is 0 Å². The molecule has 1 aromatic heterocycles. The molecule has 0 bridgehead atoms. The van der Waals surface area contributed by atoms with Crippen LogP contribution in [0, 0.1) is 17.8 Å². The highest BCUT2D eigenvalue weighted by molar-refractivity contribution is 7.90. The standard InChI is InChI=1S/C17H18N2O4S2/c1-25(22,23)11-4-2-3-10(5-11)16(21)15-6-18-17(24-15)19-7-12-13(8-19)14(12)9-20/h2-6,12-14,20H,7-9H2,1H3. The molecular formula is C17H18N2O4S2. The number of aromatic nitrogens is 1. The zero-order valence-corrected chi connectivity index (χ0v) is 15.3. The van der Waals surface area contributed by atoms with Crippen molar-refractivity contribution in [3.05, 3.63) is 40.9 Å². The average Bonchev–Trinajstić information content (AvgIpc) is 2.99. The van der Waals surface area contributed by atoms with Gasteiger partial charge in [0.05, 0.1) is 16.0 Å². The fraction of sp³-hybridized carbons (Fsp3) is 0.412. The number of piperidine rings is 1. The van der Waals surface area contributed by atoms with E-state index < -0.39 is 9.84 Å². The molecule has 2 heterocycles. The molecule has 1 N–H and O–H groups in total. The van der Waals surface area contributed by atoms with Crippen molar-refractivity contribution in [2.75, 3.05) is 30.9 Å². The first-order valence-corrected chi connectivity index (χ1v) is 10.8. The summed E-state index contributed by atoms with van der Waals surface area (Å²) in [5.41, 5.74) is 0.350. The Bertz CT molecular complexity index is 926. The Morgan fingerprint density at radius 3 is 2.72 bits per heavy atom. The molecule has 25 heavy (non-hydrogen) atoms. The molecule has 1 aliphatic heterocycles. The summed E-state index contributed by atoms with van der Waals surface area (Å²) in [6.45, 7) is 2.00. The molecule has 0 spiro atoms. The minimum absolute atomic E-state index is 0.137. The lowest BCUT2D eigenvalue weighted by molar-refractivity contribution is 0.104. The third-order valence-electron chi connectivity index (χ3n) is 5.09. The minimum atomic E-state index is -3.35. The summed E-state index contributed by atoms with van der Waals surface area (Å²) in [4.78, 5) is 19.8. The number of aliphatic hydroxyl groups excluding tert-OH is 1. The van der Waals surface area contributed by atoms with Crippen molar-refractivity contribution in [2.24, 2.45) is 17.8 Å². The van der Waals surface area contributed by atoms with Crippen molar-refractivity contribution in [3.63, 3.8) is 0 Å². The SMILES string of the molecule is CS(=O)(=O)c1cccc(C(=O)c2cnc(N3CC4C(CO)C4C3)s2)c1. The number of sulfone groups is 1. The molecule has 2 atom stereocenters. The van der Waals surface area contributed by atoms with Crippen LogP contribution in [0.2, 0.25) is 0 Å². The number of thiazole rings is 1. The smallest absolute Gasteiger partial charge is 0.204 e. The van der Waals surface area contributed by atoms with Gasteiger partial charge in [-0.05, 0) is 29.9 Å². The van der Waals surface area contributed by atoms with Crippen LogP contribution in [0.15, 0.2) is 35.4 Å². The van der Waals surface area contributed by atoms with Crippen molar-refractivity contribution in [1.82, 2.24) is 4.98 Å². The Hall–Kier alpha value is -1.77. The highest BCUT2D eigenvalue weighted by atomic mass is 32.2. The van der Waals surface area contributed by atoms with Crippen molar-refractivity contribution in [3.8, 4) is 0 Å². The van der Waals surface area contributed by atoms with E-state index in [0.717, 1.165) is 24.5 Å². The van der Waals surface area contributed by atoms with Crippen LogP contribution in [0.25, 0.3) is 0 Å². The zero-order valence-electron chi connectivity index (χ0n) is 13.6. The highest BCUT2D eigenvalue weighted by Crippen LogP contribution is 2.52. The van der Waals surface area contributed by atoms with Gasteiger partial charge in [-0.1, -0.05) is 23.5 Å². The van der Waals surface area contributed by atoms with Crippen molar-refractivity contribution in [1.29, 1.82) is 0 Å². The third-order valence-corrected chi connectivity index (χ3v) is 7.26. The predicted octanol–water partition coefficient (Wildman–Crippen LogP) is 1.45. The van der Waals surface area contributed by atoms with E-state index in [1.54, 1.807) is 18.3 Å². The fourth-order valence-corrected chi connectivity index (χ4v) is 5.17. The molecule has 132 valence electrons. The molecule has 2 fully saturated rings. The summed E-state index contributed by atoms with van der Waals surface area (Å²) >= 11 is 1.33. The molecule has 1 saturated heterocycles. The number of nitrogens with zero attached hydrogens (tertiary/aromatic N) is 2. The van der Waals surface area contributed by atoms with Crippen LogP contribution < -0.4 is 4.90 Å². The van der Waals surface area contributed by atoms with Crippen LogP contribution in [0.4, 0.5) is 5.13 Å². The lowest BCUT2D eigenvalue weighted by Crippen LogP contribution is -2.24. The normalized spacial score (nSPS) is 25.0. The summed E-state index contributed by atoms with van der Waals surface area (Å²) < 4.78 is 23.3. The van der Waals surface area contributed by atoms with Gasteiger partial charge in [-0.3, -0.25) is 4.79 Å². The van der Waals surface area contributed by atoms with Crippen molar-refractivity contribution >= 4 is 32.1 Å². The number of fused-ring (bicyclic) bond motifs is 1. The Morgan fingerprint density at radius 2 is 2.08 bits per heavy atom. The van der Waals surface area contributed by atoms with Gasteiger partial charge in [0.25, 0.3) is 0 Å². The fourth-order valence-electron chi connectivity index (χ4n) is 3.60. The molecule has 1 aliphatic carbocycles. The lowest BCUT2D eigenvalue weighted by atomic mass is 10.1. The maximum absolute atomic E-state index is 12.6. The molecule has 4 rings (SSSR count). The lowest BCUT2D eigenvalue weighted by Gasteiger charge is -2.17. The number of anilines is 1. The van der Waals surface area contributed by atoms with Gasteiger partial charge >= 0.3 is 0 Å². The summed E-state index contributed by atoms with van der Waals surface area (Å²) in [5, 5.41) is 10.0. The number of rotatable bonds is 5. The minimum Gasteiger partial charge on any atom is -0.396 e. The van der Waals surface area contributed by atoms with Crippen LogP contribution in [0.3, 0.4) is 0 Å². The third kappa shape index (κ3) is 2.98. The Balaban J connectivity index is 1.52. The van der Waals surface area contributed by atoms with E-state index in [4.69, 9.17) is 0 Å². The second-order valence-corrected chi connectivity index (χ2v) is 9.74. The van der Waals surface area contributed by atoms with E-state index in [1.807, 2.05) is 0 Å². The van der Waals surface area contributed by atoms with Gasteiger partial charge in [-0.15, -0.1) is 0 Å². The Labute approximate surface area is 150 Å². The Morgan fingerprint density at radius 1 is 1.36 bits per heavy atom. The molecular weight excluding hydrogens is 360 g/mol. The number of carbonyl (C=O) groups is 1. The van der Waals surface area contributed by atoms with Crippen molar-refractivity contribution < 1.29 is 18.3 Å². The first kappa shape index (κ1) is 16.7. The topological polar surface area (TPSA) is 87.6 Å². The zero-order chi connectivity index (χ0) is 17.8. The van der Waals surface area contributed by atoms with Crippen LogP contribution in [-0.4, -0.2) is 50.2 Å². The van der Waals surface area contributed by atoms with Gasteiger partial charge in [0, 0.05) is 31.5 Å². The molecule has 6 nitrogen and oxygen atoms in total. The maximum Gasteiger partial charge on any atom is 0.204 e. The summed E-state index contributed by atoms with van der Waals surface area (Å²) in [7, 11) is -3.35. The first-order chi connectivity index (χ1) is 11.9. The van der Waals surface area contributed by atoms with Gasteiger partial charge in [-0.25, -0.2) is 13.4 Å². The maximum atomic E-state index is 12.6. The molecule has 0 amide bonds. The predicted molar refractivity (Wildman–Crippen MR) is 94.9 cm³/mol. The number of aliphatic hydroxyl groups is 1. The molecule has 2 aromatic rings. The number of ketones is 1. The quantitative estimate of drug-likeness (QED) is 0.793. The average molecular weight is 378 g/mol. The summed E-state index contributed by atoms with van der Waals surface area (Å²) in [6, 6.07) is 6.09. The number of hydrogen-bond acceptors (Lipinski definition) is 7. The monoisotopic (exact) mass is 378 g/mol. The largest absolute Gasteiger partial charge is 0.396 e. The number of hydrogen-bond donors (Lipinski definition) is 1. The Kier molecular flexibility index (Phi) is 3.93. The van der Waals surface area contributed by atoms with Gasteiger partial charge in [0.1, 0.15) is 0 Å². The molecule has 1 aromatic carbocycles. The van der Waals surface area contributed by atoms with Crippen LogP contribution in [0.5, 0.6) is 0 Å². The van der Waals surface area contributed by atoms with Gasteiger partial charge in [0.15, 0.2) is 15.0 Å². The van der Waals surface area contributed by atoms with Gasteiger partial charge < -0.3 is 10.0 Å². The summed E-state index contributed by atoms with van der Waals surface area (Å²) in [5.74, 6) is 1.29. The summed E-state index contributed by atoms with van der Waals surface area (Å²) in [6.07, 6.45) is 2.68. The van der Waals surface area contributed by atoms with E-state index >= 15 is 0 Å². The van der Waals surface area contributed by atoms with Crippen LogP contribution in [0.1, 0.15) is 15.2 Å². The van der Waals surface area contributed by atoms with Crippen molar-refractivity contribution in [2.45, 2.75) is 4.90 Å². The van der Waals surface area contributed by atoms with E-state index in [-0.39, 0.29) is 17.3 Å². The first-order valence-electron chi connectivity index (χ1n) is 8.05. The second-order valence-electron chi connectivity index (χ2n) is 6.72. The van der Waals surface area contributed by atoms with E-state index in [1.165, 1.54) is 23.5 Å². The molecule has 2 unspecified atom stereocenters. The van der Waals surface area contributed by atoms with E-state index in [0.29, 0.717) is 28.2 Å². The number of benzene rings is 1. The number of carbonyl (C=O) groups excluding carboxylic acids is 1. The van der Waals surface area contributed by atoms with Crippen LogP contribution in [-0.2, 0) is 9.84 Å². The highest BCUT2D eigenvalue weighted by Gasteiger charge is 2.55. The molecule has 8 heteroatoms. The van der Waals surface area contributed by atoms with Gasteiger partial charge in [0.2, 0.25) is 5.78 Å². The molecule has 1 saturated carbocycles. The molecule has 2 aliphatic rings. The van der Waals surface area contributed by atoms with Crippen LogP contribution >= 0.6 is 11.3 Å². The van der Waals surface area contributed by atoms with E-state index in [9.17, 15) is 18.3 Å². The van der Waals surface area contributed by atoms with E-state index in [2.05, 4.69) is 9.88 Å². The second kappa shape index (κ2) is 5.89.